The molecule has 0 aliphatic rings. The van der Waals surface area contributed by atoms with E-state index in [1.54, 1.807) is 12.4 Å². The molecule has 0 radical (unpaired) electrons. The summed E-state index contributed by atoms with van der Waals surface area (Å²) in [4.78, 5) is 12.2. The van der Waals surface area contributed by atoms with E-state index in [2.05, 4.69) is 70.6 Å². The molecule has 1 atom stereocenters. The van der Waals surface area contributed by atoms with Gasteiger partial charge in [0, 0.05) is 12.4 Å². The second-order valence-electron chi connectivity index (χ2n) is 7.08. The first-order chi connectivity index (χ1) is 13.8. The van der Waals surface area contributed by atoms with Crippen LogP contribution < -0.4 is 5.73 Å². The summed E-state index contributed by atoms with van der Waals surface area (Å²) in [6, 6.07) is 24.9. The summed E-state index contributed by atoms with van der Waals surface area (Å²) in [5.74, 6) is 0.815. The molecule has 0 aliphatic heterocycles. The van der Waals surface area contributed by atoms with Gasteiger partial charge in [-0.15, -0.1) is 0 Å². The maximum absolute atomic E-state index is 6.48. The third-order valence-electron chi connectivity index (χ3n) is 5.14. The van der Waals surface area contributed by atoms with Gasteiger partial charge in [0.2, 0.25) is 0 Å². The lowest BCUT2D eigenvalue weighted by atomic mass is 10.0. The first-order valence-corrected chi connectivity index (χ1v) is 9.39. The Morgan fingerprint density at radius 2 is 1.64 bits per heavy atom. The van der Waals surface area contributed by atoms with Crippen molar-refractivity contribution in [1.82, 2.24) is 15.0 Å². The summed E-state index contributed by atoms with van der Waals surface area (Å²) in [6.07, 6.45) is 4.34. The lowest BCUT2D eigenvalue weighted by molar-refractivity contribution is 0.681. The lowest BCUT2D eigenvalue weighted by Crippen LogP contribution is -2.14. The van der Waals surface area contributed by atoms with Crippen molar-refractivity contribution < 1.29 is 0 Å². The Morgan fingerprint density at radius 1 is 0.821 bits per heavy atom. The number of pyridine rings is 1. The van der Waals surface area contributed by atoms with Crippen LogP contribution >= 0.6 is 0 Å². The van der Waals surface area contributed by atoms with Gasteiger partial charge in [0.05, 0.1) is 17.1 Å². The maximum atomic E-state index is 6.48. The smallest absolute Gasteiger partial charge is 0.124 e. The molecule has 1 unspecified atom stereocenters. The molecule has 136 valence electrons. The van der Waals surface area contributed by atoms with Gasteiger partial charge >= 0.3 is 0 Å². The molecule has 3 N–H and O–H groups in total. The quantitative estimate of drug-likeness (QED) is 0.470. The van der Waals surface area contributed by atoms with Gasteiger partial charge in [0.1, 0.15) is 5.82 Å². The molecule has 0 fully saturated rings. The van der Waals surface area contributed by atoms with E-state index >= 15 is 0 Å². The average molecular weight is 364 g/mol. The molecule has 4 heteroatoms. The molecule has 0 saturated carbocycles. The van der Waals surface area contributed by atoms with Crippen molar-refractivity contribution in [2.24, 2.45) is 5.73 Å². The van der Waals surface area contributed by atoms with Crippen molar-refractivity contribution in [2.45, 2.75) is 12.5 Å². The van der Waals surface area contributed by atoms with E-state index in [4.69, 9.17) is 10.7 Å². The van der Waals surface area contributed by atoms with E-state index in [-0.39, 0.29) is 6.04 Å². The summed E-state index contributed by atoms with van der Waals surface area (Å²) >= 11 is 0. The molecular weight excluding hydrogens is 344 g/mol. The summed E-state index contributed by atoms with van der Waals surface area (Å²) in [7, 11) is 0. The first-order valence-electron chi connectivity index (χ1n) is 9.39. The Labute approximate surface area is 163 Å². The highest BCUT2D eigenvalue weighted by molar-refractivity contribution is 5.83. The van der Waals surface area contributed by atoms with Crippen LogP contribution in [0, 0.1) is 0 Å². The SMILES string of the molecule is NC(Cc1ccc2ccccc2c1)c1nc2cc(-c3ccncc3)ccc2[nH]1. The number of fused-ring (bicyclic) bond motifs is 2. The van der Waals surface area contributed by atoms with Gasteiger partial charge in [-0.25, -0.2) is 4.98 Å². The normalized spacial score (nSPS) is 12.5. The van der Waals surface area contributed by atoms with Crippen molar-refractivity contribution in [1.29, 1.82) is 0 Å². The topological polar surface area (TPSA) is 67.6 Å². The number of benzene rings is 3. The number of rotatable bonds is 4. The zero-order valence-electron chi connectivity index (χ0n) is 15.3. The second-order valence-corrected chi connectivity index (χ2v) is 7.08. The molecule has 5 aromatic rings. The fourth-order valence-corrected chi connectivity index (χ4v) is 3.64. The summed E-state index contributed by atoms with van der Waals surface area (Å²) < 4.78 is 0. The van der Waals surface area contributed by atoms with E-state index in [1.165, 1.54) is 16.3 Å². The van der Waals surface area contributed by atoms with E-state index < -0.39 is 0 Å². The Hall–Kier alpha value is -3.50. The molecule has 5 rings (SSSR count). The van der Waals surface area contributed by atoms with Crippen molar-refractivity contribution in [3.8, 4) is 11.1 Å². The van der Waals surface area contributed by atoms with Gasteiger partial charge in [0.25, 0.3) is 0 Å². The Morgan fingerprint density at radius 3 is 2.50 bits per heavy atom. The van der Waals surface area contributed by atoms with Crippen molar-refractivity contribution in [3.05, 3.63) is 96.6 Å². The minimum atomic E-state index is -0.182. The third-order valence-corrected chi connectivity index (χ3v) is 5.14. The molecular formula is C24H20N4. The van der Waals surface area contributed by atoms with Crippen LogP contribution in [0.1, 0.15) is 17.4 Å². The molecule has 0 bridgehead atoms. The van der Waals surface area contributed by atoms with Gasteiger partial charge < -0.3 is 10.7 Å². The molecule has 0 amide bonds. The highest BCUT2D eigenvalue weighted by atomic mass is 15.0. The van der Waals surface area contributed by atoms with Crippen LogP contribution in [0.15, 0.2) is 85.2 Å². The van der Waals surface area contributed by atoms with E-state index in [0.717, 1.165) is 34.4 Å². The summed E-state index contributed by atoms with van der Waals surface area (Å²) in [5, 5.41) is 2.48. The molecule has 4 nitrogen and oxygen atoms in total. The van der Waals surface area contributed by atoms with Crippen LogP contribution in [0.4, 0.5) is 0 Å². The van der Waals surface area contributed by atoms with Gasteiger partial charge in [-0.1, -0.05) is 48.5 Å². The van der Waals surface area contributed by atoms with Crippen LogP contribution in [-0.4, -0.2) is 15.0 Å². The highest BCUT2D eigenvalue weighted by Gasteiger charge is 2.13. The number of imidazole rings is 1. The molecule has 0 aliphatic carbocycles. The lowest BCUT2D eigenvalue weighted by Gasteiger charge is -2.09. The van der Waals surface area contributed by atoms with Gasteiger partial charge in [-0.05, 0) is 58.1 Å². The van der Waals surface area contributed by atoms with Crippen molar-refractivity contribution >= 4 is 21.8 Å². The Bertz CT molecular complexity index is 1260. The van der Waals surface area contributed by atoms with Gasteiger partial charge in [0.15, 0.2) is 0 Å². The molecule has 2 aromatic heterocycles. The molecule has 0 spiro atoms. The van der Waals surface area contributed by atoms with Crippen LogP contribution in [0.25, 0.3) is 32.9 Å². The number of aromatic nitrogens is 3. The number of nitrogens with two attached hydrogens (primary N) is 1. The minimum absolute atomic E-state index is 0.182. The predicted molar refractivity (Wildman–Crippen MR) is 114 cm³/mol. The standard InChI is InChI=1S/C24H20N4/c25-21(14-16-5-6-17-3-1-2-4-19(17)13-16)24-27-22-8-7-20(15-23(22)28-24)18-9-11-26-12-10-18/h1-13,15,21H,14,25H2,(H,27,28). The summed E-state index contributed by atoms with van der Waals surface area (Å²) in [6.45, 7) is 0. The Kier molecular flexibility index (Phi) is 4.11. The fourth-order valence-electron chi connectivity index (χ4n) is 3.64. The zero-order valence-corrected chi connectivity index (χ0v) is 15.3. The van der Waals surface area contributed by atoms with E-state index in [9.17, 15) is 0 Å². The largest absolute Gasteiger partial charge is 0.341 e. The molecule has 0 saturated heterocycles. The molecule has 2 heterocycles. The maximum Gasteiger partial charge on any atom is 0.124 e. The van der Waals surface area contributed by atoms with Crippen molar-refractivity contribution in [3.63, 3.8) is 0 Å². The zero-order chi connectivity index (χ0) is 18.9. The number of H-pyrrole nitrogens is 1. The van der Waals surface area contributed by atoms with Crippen LogP contribution in [0.2, 0.25) is 0 Å². The van der Waals surface area contributed by atoms with Gasteiger partial charge in [-0.3, -0.25) is 4.98 Å². The molecule has 3 aromatic carbocycles. The van der Waals surface area contributed by atoms with Crippen molar-refractivity contribution in [2.75, 3.05) is 0 Å². The molecule has 28 heavy (non-hydrogen) atoms. The number of hydrogen-bond donors (Lipinski definition) is 2. The highest BCUT2D eigenvalue weighted by Crippen LogP contribution is 2.25. The van der Waals surface area contributed by atoms with Crippen LogP contribution in [-0.2, 0) is 6.42 Å². The van der Waals surface area contributed by atoms with Gasteiger partial charge in [-0.2, -0.15) is 0 Å². The third kappa shape index (κ3) is 3.15. The number of aromatic amines is 1. The average Bonchev–Trinajstić information content (AvgIpc) is 3.18. The van der Waals surface area contributed by atoms with E-state index in [1.807, 2.05) is 12.1 Å². The fraction of sp³-hybridized carbons (Fsp3) is 0.0833. The monoisotopic (exact) mass is 364 g/mol. The summed E-state index contributed by atoms with van der Waals surface area (Å²) in [5.41, 5.74) is 11.9. The number of hydrogen-bond acceptors (Lipinski definition) is 3. The van der Waals surface area contributed by atoms with E-state index in [0.29, 0.717) is 0 Å². The number of nitrogens with zero attached hydrogens (tertiary/aromatic N) is 2. The van der Waals surface area contributed by atoms with Crippen LogP contribution in [0.5, 0.6) is 0 Å². The predicted octanol–water partition coefficient (Wildman–Crippen LogP) is 5.02. The van der Waals surface area contributed by atoms with Crippen LogP contribution in [0.3, 0.4) is 0 Å². The first kappa shape index (κ1) is 16.7. The number of nitrogens with one attached hydrogen (secondary N) is 1. The minimum Gasteiger partial charge on any atom is -0.341 e. The Balaban J connectivity index is 1.43. The second kappa shape index (κ2) is 6.91.